The molecule has 3 nitrogen and oxygen atoms in total. The Hall–Kier alpha value is -2.53. The largest absolute Gasteiger partial charge is 0.361 e. The Kier molecular flexibility index (Phi) is 5.30. The quantitative estimate of drug-likeness (QED) is 0.686. The van der Waals surface area contributed by atoms with Crippen molar-refractivity contribution in [1.82, 2.24) is 9.88 Å². The van der Waals surface area contributed by atoms with E-state index in [1.807, 2.05) is 23.2 Å². The zero-order chi connectivity index (χ0) is 18.6. The highest BCUT2D eigenvalue weighted by atomic mass is 32.2. The highest BCUT2D eigenvalue weighted by Gasteiger charge is 2.18. The summed E-state index contributed by atoms with van der Waals surface area (Å²) in [6, 6.07) is 14.8. The lowest BCUT2D eigenvalue weighted by molar-refractivity contribution is -0.127. The van der Waals surface area contributed by atoms with Gasteiger partial charge < -0.3 is 9.88 Å². The minimum absolute atomic E-state index is 0.175. The van der Waals surface area contributed by atoms with E-state index in [1.54, 1.807) is 23.9 Å². The van der Waals surface area contributed by atoms with Crippen molar-refractivity contribution >= 4 is 34.1 Å². The highest BCUT2D eigenvalue weighted by Crippen LogP contribution is 2.25. The van der Waals surface area contributed by atoms with Crippen LogP contribution in [0.15, 0.2) is 60.8 Å². The topological polar surface area (TPSA) is 36.1 Å². The third kappa shape index (κ3) is 4.08. The summed E-state index contributed by atoms with van der Waals surface area (Å²) < 4.78 is 13.1. The molecule has 2 heterocycles. The van der Waals surface area contributed by atoms with Gasteiger partial charge in [0, 0.05) is 35.9 Å². The first-order valence-electron chi connectivity index (χ1n) is 9.06. The van der Waals surface area contributed by atoms with Gasteiger partial charge in [0.15, 0.2) is 0 Å². The molecule has 0 bridgehead atoms. The molecule has 0 radical (unpaired) electrons. The molecule has 0 aliphatic carbocycles. The average Bonchev–Trinajstić information content (AvgIpc) is 3.12. The van der Waals surface area contributed by atoms with E-state index in [0.717, 1.165) is 29.8 Å². The fourth-order valence-corrected chi connectivity index (χ4v) is 4.33. The number of carbonyl (C=O) groups excluding carboxylic acids is 1. The molecule has 0 spiro atoms. The number of amides is 1. The van der Waals surface area contributed by atoms with Crippen LogP contribution < -0.4 is 0 Å². The van der Waals surface area contributed by atoms with Gasteiger partial charge in [-0.05, 0) is 41.3 Å². The van der Waals surface area contributed by atoms with E-state index in [9.17, 15) is 9.18 Å². The van der Waals surface area contributed by atoms with Crippen LogP contribution in [0.2, 0.25) is 0 Å². The van der Waals surface area contributed by atoms with Crippen LogP contribution in [-0.4, -0.2) is 34.6 Å². The van der Waals surface area contributed by atoms with E-state index >= 15 is 0 Å². The van der Waals surface area contributed by atoms with E-state index in [-0.39, 0.29) is 11.7 Å². The van der Waals surface area contributed by atoms with Crippen LogP contribution in [0.3, 0.4) is 0 Å². The number of fused-ring (bicyclic) bond motifs is 1. The van der Waals surface area contributed by atoms with Crippen LogP contribution in [0.4, 0.5) is 4.39 Å². The number of benzene rings is 2. The van der Waals surface area contributed by atoms with Gasteiger partial charge in [0.2, 0.25) is 5.91 Å². The van der Waals surface area contributed by atoms with Gasteiger partial charge in [-0.3, -0.25) is 4.79 Å². The number of carbonyl (C=O) groups is 1. The molecule has 0 unspecified atom stereocenters. The molecular formula is C22H21FN2OS. The summed E-state index contributed by atoms with van der Waals surface area (Å²) in [5, 5.41) is 1.22. The monoisotopic (exact) mass is 380 g/mol. The normalized spacial score (nSPS) is 14.4. The summed E-state index contributed by atoms with van der Waals surface area (Å²) in [6.45, 7) is 1.34. The van der Waals surface area contributed by atoms with E-state index in [1.165, 1.54) is 28.7 Å². The van der Waals surface area contributed by atoms with Gasteiger partial charge in [0.05, 0.1) is 5.75 Å². The number of thioether (sulfide) groups is 1. The van der Waals surface area contributed by atoms with Crippen LogP contribution in [0, 0.1) is 5.82 Å². The Balaban J connectivity index is 1.30. The van der Waals surface area contributed by atoms with Crippen molar-refractivity contribution in [2.45, 2.75) is 12.2 Å². The molecule has 0 saturated heterocycles. The first-order valence-corrected chi connectivity index (χ1v) is 10.2. The molecule has 1 aromatic heterocycles. The molecule has 0 fully saturated rings. The minimum atomic E-state index is -0.223. The highest BCUT2D eigenvalue weighted by molar-refractivity contribution is 7.99. The summed E-state index contributed by atoms with van der Waals surface area (Å²) in [5.41, 5.74) is 4.59. The maximum atomic E-state index is 13.1. The lowest BCUT2D eigenvalue weighted by Crippen LogP contribution is -2.35. The van der Waals surface area contributed by atoms with Crippen molar-refractivity contribution < 1.29 is 9.18 Å². The van der Waals surface area contributed by atoms with Crippen molar-refractivity contribution in [1.29, 1.82) is 0 Å². The molecule has 1 amide bonds. The zero-order valence-corrected chi connectivity index (χ0v) is 15.8. The van der Waals surface area contributed by atoms with Crippen LogP contribution in [0.5, 0.6) is 0 Å². The van der Waals surface area contributed by atoms with Gasteiger partial charge in [-0.1, -0.05) is 36.4 Å². The van der Waals surface area contributed by atoms with Crippen molar-refractivity contribution in [2.24, 2.45) is 0 Å². The minimum Gasteiger partial charge on any atom is -0.361 e. The van der Waals surface area contributed by atoms with Gasteiger partial charge in [0.1, 0.15) is 5.82 Å². The molecule has 2 aromatic carbocycles. The van der Waals surface area contributed by atoms with Crippen LogP contribution in [0.25, 0.3) is 16.5 Å². The number of nitrogens with zero attached hydrogens (tertiary/aromatic N) is 1. The first-order chi connectivity index (χ1) is 13.2. The number of aromatic nitrogens is 1. The SMILES string of the molecule is O=C(CSCc1c[nH]c2ccccc12)N1CC=C(c2ccc(F)cc2)CC1. The fraction of sp³-hybridized carbons (Fsp3) is 0.227. The molecule has 1 aliphatic heterocycles. The van der Waals surface area contributed by atoms with E-state index < -0.39 is 0 Å². The molecule has 0 saturated carbocycles. The van der Waals surface area contributed by atoms with Crippen LogP contribution in [0.1, 0.15) is 17.5 Å². The van der Waals surface area contributed by atoms with Gasteiger partial charge >= 0.3 is 0 Å². The number of hydrogen-bond donors (Lipinski definition) is 1. The van der Waals surface area contributed by atoms with Crippen molar-refractivity contribution in [3.63, 3.8) is 0 Å². The fourth-order valence-electron chi connectivity index (χ4n) is 3.41. The third-order valence-electron chi connectivity index (χ3n) is 4.93. The predicted octanol–water partition coefficient (Wildman–Crippen LogP) is 4.86. The van der Waals surface area contributed by atoms with E-state index in [2.05, 4.69) is 23.2 Å². The molecule has 27 heavy (non-hydrogen) atoms. The molecule has 4 rings (SSSR count). The summed E-state index contributed by atoms with van der Waals surface area (Å²) in [4.78, 5) is 17.7. The number of H-pyrrole nitrogens is 1. The van der Waals surface area contributed by atoms with E-state index in [0.29, 0.717) is 12.3 Å². The second-order valence-corrected chi connectivity index (χ2v) is 7.66. The zero-order valence-electron chi connectivity index (χ0n) is 15.0. The Morgan fingerprint density at radius 2 is 1.96 bits per heavy atom. The Labute approximate surface area is 162 Å². The standard InChI is InChI=1S/C22H21FN2OS/c23-19-7-5-16(6-8-19)17-9-11-25(12-10-17)22(26)15-27-14-18-13-24-21-4-2-1-3-20(18)21/h1-9,13,24H,10-12,14-15H2. The number of aromatic amines is 1. The number of para-hydroxylation sites is 1. The third-order valence-corrected chi connectivity index (χ3v) is 5.90. The Bertz CT molecular complexity index is 977. The maximum absolute atomic E-state index is 13.1. The maximum Gasteiger partial charge on any atom is 0.232 e. The molecule has 5 heteroatoms. The molecule has 1 aliphatic rings. The number of halogens is 1. The van der Waals surface area contributed by atoms with E-state index in [4.69, 9.17) is 0 Å². The molecule has 1 N–H and O–H groups in total. The Morgan fingerprint density at radius 3 is 2.74 bits per heavy atom. The lowest BCUT2D eigenvalue weighted by atomic mass is 9.99. The van der Waals surface area contributed by atoms with Crippen LogP contribution >= 0.6 is 11.8 Å². The van der Waals surface area contributed by atoms with Crippen molar-refractivity contribution in [2.75, 3.05) is 18.8 Å². The van der Waals surface area contributed by atoms with Gasteiger partial charge in [-0.2, -0.15) is 0 Å². The average molecular weight is 380 g/mol. The van der Waals surface area contributed by atoms with Crippen molar-refractivity contribution in [3.05, 3.63) is 77.7 Å². The number of rotatable bonds is 5. The summed E-state index contributed by atoms with van der Waals surface area (Å²) in [5.74, 6) is 1.26. The molecule has 0 atom stereocenters. The van der Waals surface area contributed by atoms with Crippen molar-refractivity contribution in [3.8, 4) is 0 Å². The smallest absolute Gasteiger partial charge is 0.232 e. The molecule has 3 aromatic rings. The second-order valence-electron chi connectivity index (χ2n) is 6.68. The summed E-state index contributed by atoms with van der Waals surface area (Å²) >= 11 is 1.65. The first kappa shape index (κ1) is 17.9. The Morgan fingerprint density at radius 1 is 1.15 bits per heavy atom. The summed E-state index contributed by atoms with van der Waals surface area (Å²) in [6.07, 6.45) is 4.92. The van der Waals surface area contributed by atoms with Crippen LogP contribution in [-0.2, 0) is 10.5 Å². The predicted molar refractivity (Wildman–Crippen MR) is 110 cm³/mol. The lowest BCUT2D eigenvalue weighted by Gasteiger charge is -2.26. The van der Waals surface area contributed by atoms with Gasteiger partial charge in [0.25, 0.3) is 0 Å². The number of nitrogens with one attached hydrogen (secondary N) is 1. The molecule has 138 valence electrons. The molecular weight excluding hydrogens is 359 g/mol. The van der Waals surface area contributed by atoms with Gasteiger partial charge in [-0.15, -0.1) is 11.8 Å². The summed E-state index contributed by atoms with van der Waals surface area (Å²) in [7, 11) is 0. The van der Waals surface area contributed by atoms with Gasteiger partial charge in [-0.25, -0.2) is 4.39 Å². The number of hydrogen-bond acceptors (Lipinski definition) is 2. The second kappa shape index (κ2) is 8.01.